The van der Waals surface area contributed by atoms with Gasteiger partial charge in [0.1, 0.15) is 6.33 Å². The lowest BCUT2D eigenvalue weighted by Crippen LogP contribution is -2.36. The largest absolute Gasteiger partial charge is 0.361 e. The van der Waals surface area contributed by atoms with Crippen LogP contribution in [0.4, 0.5) is 11.5 Å². The Morgan fingerprint density at radius 1 is 1.18 bits per heavy atom. The highest BCUT2D eigenvalue weighted by Gasteiger charge is 2.15. The molecule has 1 atom stereocenters. The summed E-state index contributed by atoms with van der Waals surface area (Å²) < 4.78 is 1.98. The number of fused-ring (bicyclic) bond motifs is 1. The van der Waals surface area contributed by atoms with Gasteiger partial charge in [-0.25, -0.2) is 15.0 Å². The topological polar surface area (TPSA) is 102 Å². The van der Waals surface area contributed by atoms with Crippen LogP contribution < -0.4 is 16.0 Å². The average molecular weight is 381 g/mol. The predicted molar refractivity (Wildman–Crippen MR) is 111 cm³/mol. The van der Waals surface area contributed by atoms with Crippen molar-refractivity contribution in [1.29, 1.82) is 0 Å². The molecule has 1 aromatic carbocycles. The lowest BCUT2D eigenvalue weighted by atomic mass is 10.0. The molecule has 0 saturated carbocycles. The smallest absolute Gasteiger partial charge is 0.241 e. The van der Waals surface area contributed by atoms with Gasteiger partial charge in [-0.3, -0.25) is 4.79 Å². The molecule has 3 rings (SSSR count). The van der Waals surface area contributed by atoms with Crippen LogP contribution >= 0.6 is 0 Å². The Balaban J connectivity index is 1.70. The maximum Gasteiger partial charge on any atom is 0.241 e. The van der Waals surface area contributed by atoms with Gasteiger partial charge in [0, 0.05) is 19.8 Å². The second-order valence-corrected chi connectivity index (χ2v) is 7.56. The number of carbonyl (C=O) groups is 1. The number of hydrogen-bond donors (Lipinski definition) is 2. The molecule has 0 aliphatic rings. The normalized spacial score (nSPS) is 12.4. The predicted octanol–water partition coefficient (Wildman–Crippen LogP) is 2.25. The van der Waals surface area contributed by atoms with E-state index in [-0.39, 0.29) is 5.91 Å². The molecule has 8 nitrogen and oxygen atoms in total. The molecule has 148 valence electrons. The first-order valence-corrected chi connectivity index (χ1v) is 9.33. The zero-order valence-electron chi connectivity index (χ0n) is 16.8. The van der Waals surface area contributed by atoms with Gasteiger partial charge in [-0.1, -0.05) is 26.0 Å². The van der Waals surface area contributed by atoms with E-state index in [2.05, 4.69) is 20.3 Å². The molecule has 0 spiro atoms. The van der Waals surface area contributed by atoms with E-state index < -0.39 is 6.04 Å². The summed E-state index contributed by atoms with van der Waals surface area (Å²) in [5.41, 5.74) is 9.31. The highest BCUT2D eigenvalue weighted by Crippen LogP contribution is 2.20. The van der Waals surface area contributed by atoms with E-state index in [1.807, 2.05) is 61.7 Å². The molecule has 1 amide bonds. The van der Waals surface area contributed by atoms with Gasteiger partial charge in [0.05, 0.1) is 18.9 Å². The number of amides is 1. The van der Waals surface area contributed by atoms with Gasteiger partial charge in [-0.2, -0.15) is 0 Å². The van der Waals surface area contributed by atoms with Crippen LogP contribution in [0, 0.1) is 5.92 Å². The van der Waals surface area contributed by atoms with E-state index in [0.717, 1.165) is 28.2 Å². The number of hydrogen-bond acceptors (Lipinski definition) is 6. The first-order chi connectivity index (χ1) is 13.3. The highest BCUT2D eigenvalue weighted by atomic mass is 16.2. The van der Waals surface area contributed by atoms with Gasteiger partial charge >= 0.3 is 0 Å². The number of aromatic nitrogens is 4. The van der Waals surface area contributed by atoms with Crippen LogP contribution in [-0.4, -0.2) is 45.6 Å². The number of carbonyl (C=O) groups excluding carboxylic acids is 1. The molecule has 0 aliphatic carbocycles. The minimum absolute atomic E-state index is 0.157. The number of nitrogens with two attached hydrogens (primary N) is 1. The average Bonchev–Trinajstić information content (AvgIpc) is 3.05. The molecular formula is C20H27N7O. The summed E-state index contributed by atoms with van der Waals surface area (Å²) in [5, 5.41) is 2.87. The van der Waals surface area contributed by atoms with Crippen molar-refractivity contribution in [3.8, 4) is 0 Å². The first-order valence-electron chi connectivity index (χ1n) is 9.33. The maximum absolute atomic E-state index is 12.2. The molecule has 2 aromatic heterocycles. The van der Waals surface area contributed by atoms with Crippen LogP contribution in [0.5, 0.6) is 0 Å². The van der Waals surface area contributed by atoms with E-state index in [4.69, 9.17) is 5.73 Å². The van der Waals surface area contributed by atoms with Gasteiger partial charge in [0.2, 0.25) is 5.91 Å². The Morgan fingerprint density at radius 3 is 2.54 bits per heavy atom. The fourth-order valence-corrected chi connectivity index (χ4v) is 3.05. The van der Waals surface area contributed by atoms with Crippen LogP contribution in [0.1, 0.15) is 25.8 Å². The summed E-state index contributed by atoms with van der Waals surface area (Å²) >= 11 is 0. The Labute approximate surface area is 164 Å². The number of nitrogens with one attached hydrogen (secondary N) is 1. The molecule has 3 aromatic rings. The van der Waals surface area contributed by atoms with Crippen LogP contribution in [0.25, 0.3) is 11.2 Å². The second kappa shape index (κ2) is 8.35. The summed E-state index contributed by atoms with van der Waals surface area (Å²) in [6.07, 6.45) is 3.98. The van der Waals surface area contributed by atoms with Gasteiger partial charge < -0.3 is 20.5 Å². The SMILES string of the molecule is CC(C)CC(N)C(=O)Nc1ccc(Cn2cnc3c(N(C)C)ncnc32)cc1. The summed E-state index contributed by atoms with van der Waals surface area (Å²) in [7, 11) is 3.86. The van der Waals surface area contributed by atoms with Crippen LogP contribution in [0.2, 0.25) is 0 Å². The van der Waals surface area contributed by atoms with Crippen LogP contribution in [0.3, 0.4) is 0 Å². The number of nitrogens with zero attached hydrogens (tertiary/aromatic N) is 5. The third-order valence-corrected chi connectivity index (χ3v) is 4.44. The second-order valence-electron chi connectivity index (χ2n) is 7.56. The Hall–Kier alpha value is -3.00. The molecule has 0 fully saturated rings. The van der Waals surface area contributed by atoms with E-state index in [1.54, 1.807) is 12.7 Å². The summed E-state index contributed by atoms with van der Waals surface area (Å²) in [4.78, 5) is 27.2. The number of rotatable bonds is 7. The monoisotopic (exact) mass is 381 g/mol. The van der Waals surface area contributed by atoms with Crippen molar-refractivity contribution in [3.63, 3.8) is 0 Å². The molecule has 0 bridgehead atoms. The van der Waals surface area contributed by atoms with Crippen molar-refractivity contribution >= 4 is 28.6 Å². The first kappa shape index (κ1) is 19.8. The van der Waals surface area contributed by atoms with Crippen LogP contribution in [-0.2, 0) is 11.3 Å². The van der Waals surface area contributed by atoms with E-state index >= 15 is 0 Å². The number of anilines is 2. The fourth-order valence-electron chi connectivity index (χ4n) is 3.05. The molecular weight excluding hydrogens is 354 g/mol. The Bertz CT molecular complexity index is 947. The zero-order chi connectivity index (χ0) is 20.3. The van der Waals surface area contributed by atoms with Crippen molar-refractivity contribution in [3.05, 3.63) is 42.5 Å². The fraction of sp³-hybridized carbons (Fsp3) is 0.400. The molecule has 3 N–H and O–H groups in total. The van der Waals surface area contributed by atoms with Gasteiger partial charge in [0.15, 0.2) is 17.0 Å². The van der Waals surface area contributed by atoms with E-state index in [1.165, 1.54) is 0 Å². The molecule has 0 radical (unpaired) electrons. The number of imidazole rings is 1. The third kappa shape index (κ3) is 4.45. The quantitative estimate of drug-likeness (QED) is 0.651. The van der Waals surface area contributed by atoms with Crippen molar-refractivity contribution in [2.75, 3.05) is 24.3 Å². The van der Waals surface area contributed by atoms with Crippen molar-refractivity contribution in [2.45, 2.75) is 32.9 Å². The molecule has 8 heteroatoms. The summed E-state index contributed by atoms with van der Waals surface area (Å²) in [5.74, 6) is 1.01. The molecule has 0 aliphatic heterocycles. The summed E-state index contributed by atoms with van der Waals surface area (Å²) in [6.45, 7) is 4.73. The third-order valence-electron chi connectivity index (χ3n) is 4.44. The van der Waals surface area contributed by atoms with Gasteiger partial charge in [0.25, 0.3) is 0 Å². The lowest BCUT2D eigenvalue weighted by Gasteiger charge is -2.14. The summed E-state index contributed by atoms with van der Waals surface area (Å²) in [6, 6.07) is 7.22. The lowest BCUT2D eigenvalue weighted by molar-refractivity contribution is -0.117. The molecule has 2 heterocycles. The maximum atomic E-state index is 12.2. The van der Waals surface area contributed by atoms with E-state index in [0.29, 0.717) is 18.9 Å². The Morgan fingerprint density at radius 2 is 1.89 bits per heavy atom. The zero-order valence-corrected chi connectivity index (χ0v) is 16.8. The standard InChI is InChI=1S/C20H27N7O/c1-13(2)9-16(21)20(28)25-15-7-5-14(6-8-15)10-27-12-24-17-18(26(3)4)22-11-23-19(17)27/h5-8,11-13,16H,9-10,21H2,1-4H3,(H,25,28). The van der Waals surface area contributed by atoms with Gasteiger partial charge in [-0.05, 0) is 30.0 Å². The van der Waals surface area contributed by atoms with Crippen molar-refractivity contribution < 1.29 is 4.79 Å². The van der Waals surface area contributed by atoms with E-state index in [9.17, 15) is 4.79 Å². The minimum atomic E-state index is -0.498. The number of benzene rings is 1. The highest BCUT2D eigenvalue weighted by molar-refractivity contribution is 5.94. The van der Waals surface area contributed by atoms with Gasteiger partial charge in [-0.15, -0.1) is 0 Å². The molecule has 28 heavy (non-hydrogen) atoms. The molecule has 0 saturated heterocycles. The van der Waals surface area contributed by atoms with Crippen molar-refractivity contribution in [1.82, 2.24) is 19.5 Å². The van der Waals surface area contributed by atoms with Crippen molar-refractivity contribution in [2.24, 2.45) is 11.7 Å². The van der Waals surface area contributed by atoms with Crippen LogP contribution in [0.15, 0.2) is 36.9 Å². The minimum Gasteiger partial charge on any atom is -0.361 e. The molecule has 1 unspecified atom stereocenters. The Kier molecular flexibility index (Phi) is 5.89.